The SMILES string of the molecule is COCCNC(=O)CN(C)c1ncnc(NN)c1C(C)C. The zero-order valence-electron chi connectivity index (χ0n) is 13.0. The third kappa shape index (κ3) is 4.83. The van der Waals surface area contributed by atoms with Gasteiger partial charge in [0, 0.05) is 26.3 Å². The highest BCUT2D eigenvalue weighted by Crippen LogP contribution is 2.29. The summed E-state index contributed by atoms with van der Waals surface area (Å²) >= 11 is 0. The quantitative estimate of drug-likeness (QED) is 0.354. The number of nitrogens with two attached hydrogens (primary N) is 1. The minimum Gasteiger partial charge on any atom is -0.383 e. The van der Waals surface area contributed by atoms with Crippen molar-refractivity contribution >= 4 is 17.5 Å². The lowest BCUT2D eigenvalue weighted by atomic mass is 10.0. The number of ether oxygens (including phenoxy) is 1. The molecule has 0 fully saturated rings. The van der Waals surface area contributed by atoms with Crippen LogP contribution in [0.25, 0.3) is 0 Å². The van der Waals surface area contributed by atoms with Gasteiger partial charge >= 0.3 is 0 Å². The fourth-order valence-corrected chi connectivity index (χ4v) is 1.98. The van der Waals surface area contributed by atoms with Crippen LogP contribution < -0.4 is 21.5 Å². The monoisotopic (exact) mass is 296 g/mol. The van der Waals surface area contributed by atoms with Crippen molar-refractivity contribution in [2.45, 2.75) is 19.8 Å². The van der Waals surface area contributed by atoms with E-state index in [1.165, 1.54) is 6.33 Å². The van der Waals surface area contributed by atoms with Crippen LogP contribution in [0.5, 0.6) is 0 Å². The van der Waals surface area contributed by atoms with Gasteiger partial charge < -0.3 is 20.4 Å². The summed E-state index contributed by atoms with van der Waals surface area (Å²) in [5.74, 6) is 6.83. The lowest BCUT2D eigenvalue weighted by Crippen LogP contribution is -2.37. The van der Waals surface area contributed by atoms with E-state index in [0.29, 0.717) is 24.8 Å². The fourth-order valence-electron chi connectivity index (χ4n) is 1.98. The summed E-state index contributed by atoms with van der Waals surface area (Å²) < 4.78 is 4.89. The number of anilines is 2. The Kier molecular flexibility index (Phi) is 6.83. The molecule has 8 heteroatoms. The van der Waals surface area contributed by atoms with Crippen molar-refractivity contribution in [3.05, 3.63) is 11.9 Å². The van der Waals surface area contributed by atoms with E-state index in [0.717, 1.165) is 5.56 Å². The molecule has 0 unspecified atom stereocenters. The first kappa shape index (κ1) is 17.1. The van der Waals surface area contributed by atoms with Crippen molar-refractivity contribution in [2.24, 2.45) is 5.84 Å². The topological polar surface area (TPSA) is 105 Å². The molecule has 8 nitrogen and oxygen atoms in total. The van der Waals surface area contributed by atoms with Crippen LogP contribution in [-0.2, 0) is 9.53 Å². The molecule has 1 heterocycles. The molecule has 0 aromatic carbocycles. The molecule has 1 rings (SSSR count). The van der Waals surface area contributed by atoms with Gasteiger partial charge in [-0.25, -0.2) is 15.8 Å². The molecular formula is C13H24N6O2. The molecule has 0 atom stereocenters. The molecule has 21 heavy (non-hydrogen) atoms. The summed E-state index contributed by atoms with van der Waals surface area (Å²) in [5, 5.41) is 2.77. The summed E-state index contributed by atoms with van der Waals surface area (Å²) in [6.45, 7) is 5.22. The maximum Gasteiger partial charge on any atom is 0.239 e. The van der Waals surface area contributed by atoms with Crippen LogP contribution in [0.2, 0.25) is 0 Å². The number of likely N-dealkylation sites (N-methyl/N-ethyl adjacent to an activating group) is 1. The first-order valence-electron chi connectivity index (χ1n) is 6.79. The Labute approximate surface area is 125 Å². The molecule has 0 saturated carbocycles. The number of nitrogens with zero attached hydrogens (tertiary/aromatic N) is 3. The molecule has 0 aliphatic carbocycles. The summed E-state index contributed by atoms with van der Waals surface area (Å²) in [4.78, 5) is 22.0. The van der Waals surface area contributed by atoms with E-state index < -0.39 is 0 Å². The van der Waals surface area contributed by atoms with E-state index in [-0.39, 0.29) is 18.4 Å². The summed E-state index contributed by atoms with van der Waals surface area (Å²) in [6, 6.07) is 0. The summed E-state index contributed by atoms with van der Waals surface area (Å²) in [6.07, 6.45) is 1.43. The highest BCUT2D eigenvalue weighted by atomic mass is 16.5. The average Bonchev–Trinajstić information content (AvgIpc) is 2.46. The van der Waals surface area contributed by atoms with E-state index in [1.54, 1.807) is 12.0 Å². The van der Waals surface area contributed by atoms with Crippen LogP contribution in [0.4, 0.5) is 11.6 Å². The Morgan fingerprint density at radius 1 is 1.48 bits per heavy atom. The van der Waals surface area contributed by atoms with Crippen LogP contribution in [0.1, 0.15) is 25.3 Å². The van der Waals surface area contributed by atoms with Gasteiger partial charge in [0.15, 0.2) is 0 Å². The predicted molar refractivity (Wildman–Crippen MR) is 82.1 cm³/mol. The van der Waals surface area contributed by atoms with Crippen molar-refractivity contribution in [3.8, 4) is 0 Å². The number of amides is 1. The first-order chi connectivity index (χ1) is 10.0. The van der Waals surface area contributed by atoms with Crippen molar-refractivity contribution in [1.29, 1.82) is 0 Å². The number of rotatable bonds is 8. The van der Waals surface area contributed by atoms with Gasteiger partial charge in [-0.2, -0.15) is 0 Å². The van der Waals surface area contributed by atoms with Crippen molar-refractivity contribution in [3.63, 3.8) is 0 Å². The van der Waals surface area contributed by atoms with Gasteiger partial charge in [0.25, 0.3) is 0 Å². The normalized spacial score (nSPS) is 10.6. The Morgan fingerprint density at radius 3 is 2.76 bits per heavy atom. The standard InChI is InChI=1S/C13H24N6O2/c1-9(2)11-12(18-14)16-8-17-13(11)19(3)7-10(20)15-5-6-21-4/h8-9H,5-7,14H2,1-4H3,(H,15,20)(H,16,17,18). The second-order valence-electron chi connectivity index (χ2n) is 4.96. The molecule has 0 spiro atoms. The van der Waals surface area contributed by atoms with Gasteiger partial charge in [0.1, 0.15) is 18.0 Å². The molecule has 1 amide bonds. The highest BCUT2D eigenvalue weighted by Gasteiger charge is 2.18. The highest BCUT2D eigenvalue weighted by molar-refractivity contribution is 5.81. The maximum atomic E-state index is 11.8. The molecule has 0 saturated heterocycles. The lowest BCUT2D eigenvalue weighted by molar-refractivity contribution is -0.119. The predicted octanol–water partition coefficient (Wildman–Crippen LogP) is 0.0844. The molecule has 0 aliphatic heterocycles. The van der Waals surface area contributed by atoms with Gasteiger partial charge in [-0.15, -0.1) is 0 Å². The second-order valence-corrected chi connectivity index (χ2v) is 4.96. The molecule has 1 aromatic heterocycles. The fraction of sp³-hybridized carbons (Fsp3) is 0.615. The third-order valence-electron chi connectivity index (χ3n) is 2.95. The van der Waals surface area contributed by atoms with E-state index in [2.05, 4.69) is 20.7 Å². The average molecular weight is 296 g/mol. The Balaban J connectivity index is 2.82. The molecule has 4 N–H and O–H groups in total. The number of carbonyl (C=O) groups is 1. The molecule has 0 aliphatic rings. The first-order valence-corrected chi connectivity index (χ1v) is 6.79. The molecule has 0 bridgehead atoms. The van der Waals surface area contributed by atoms with Crippen LogP contribution in [0, 0.1) is 0 Å². The van der Waals surface area contributed by atoms with Crippen molar-refractivity contribution in [2.75, 3.05) is 44.2 Å². The van der Waals surface area contributed by atoms with Gasteiger partial charge in [0.2, 0.25) is 5.91 Å². The zero-order valence-corrected chi connectivity index (χ0v) is 13.0. The van der Waals surface area contributed by atoms with Crippen LogP contribution in [0.3, 0.4) is 0 Å². The number of hydrogen-bond acceptors (Lipinski definition) is 7. The smallest absolute Gasteiger partial charge is 0.239 e. The van der Waals surface area contributed by atoms with Crippen molar-refractivity contribution in [1.82, 2.24) is 15.3 Å². The number of nitrogen functional groups attached to an aromatic ring is 1. The van der Waals surface area contributed by atoms with Crippen LogP contribution in [0.15, 0.2) is 6.33 Å². The summed E-state index contributed by atoms with van der Waals surface area (Å²) in [5.41, 5.74) is 3.45. The van der Waals surface area contributed by atoms with E-state index >= 15 is 0 Å². The number of carbonyl (C=O) groups excluding carboxylic acids is 1. The molecule has 0 radical (unpaired) electrons. The zero-order chi connectivity index (χ0) is 15.8. The van der Waals surface area contributed by atoms with E-state index in [9.17, 15) is 4.79 Å². The minimum absolute atomic E-state index is 0.0925. The maximum absolute atomic E-state index is 11.8. The molecule has 1 aromatic rings. The summed E-state index contributed by atoms with van der Waals surface area (Å²) in [7, 11) is 3.40. The molecule has 118 valence electrons. The number of nitrogens with one attached hydrogen (secondary N) is 2. The number of hydrazine groups is 1. The third-order valence-corrected chi connectivity index (χ3v) is 2.95. The largest absolute Gasteiger partial charge is 0.383 e. The van der Waals surface area contributed by atoms with E-state index in [4.69, 9.17) is 10.6 Å². The Hall–Kier alpha value is -1.93. The number of methoxy groups -OCH3 is 1. The minimum atomic E-state index is -0.0925. The second kappa shape index (κ2) is 8.38. The number of aromatic nitrogens is 2. The van der Waals surface area contributed by atoms with Crippen LogP contribution >= 0.6 is 0 Å². The van der Waals surface area contributed by atoms with E-state index in [1.807, 2.05) is 20.9 Å². The molecular weight excluding hydrogens is 272 g/mol. The lowest BCUT2D eigenvalue weighted by Gasteiger charge is -2.23. The number of hydrogen-bond donors (Lipinski definition) is 3. The van der Waals surface area contributed by atoms with Crippen molar-refractivity contribution < 1.29 is 9.53 Å². The van der Waals surface area contributed by atoms with Crippen LogP contribution in [-0.4, -0.2) is 49.7 Å². The van der Waals surface area contributed by atoms with Gasteiger partial charge in [-0.3, -0.25) is 4.79 Å². The van der Waals surface area contributed by atoms with Gasteiger partial charge in [0.05, 0.1) is 13.2 Å². The van der Waals surface area contributed by atoms with Gasteiger partial charge in [-0.05, 0) is 5.92 Å². The Bertz CT molecular complexity index is 466. The Morgan fingerprint density at radius 2 is 2.19 bits per heavy atom. The van der Waals surface area contributed by atoms with Gasteiger partial charge in [-0.1, -0.05) is 13.8 Å².